The second-order valence-corrected chi connectivity index (χ2v) is 6.85. The molecule has 0 fully saturated rings. The number of carbonyl (C=O) groups excluding carboxylic acids is 1. The van der Waals surface area contributed by atoms with E-state index in [0.717, 1.165) is 22.5 Å². The Balaban J connectivity index is 1.73. The van der Waals surface area contributed by atoms with Crippen LogP contribution in [0.25, 0.3) is 0 Å². The van der Waals surface area contributed by atoms with Gasteiger partial charge >= 0.3 is 6.03 Å². The minimum absolute atomic E-state index is 0.282. The molecule has 0 bridgehead atoms. The zero-order valence-corrected chi connectivity index (χ0v) is 16.6. The Bertz CT molecular complexity index is 924. The second-order valence-electron chi connectivity index (χ2n) is 6.41. The molecule has 28 heavy (non-hydrogen) atoms. The van der Waals surface area contributed by atoms with Crippen molar-refractivity contribution in [2.24, 2.45) is 7.05 Å². The molecule has 0 aliphatic rings. The van der Waals surface area contributed by atoms with Crippen LogP contribution < -0.4 is 10.6 Å². The molecule has 6 nitrogen and oxygen atoms in total. The summed E-state index contributed by atoms with van der Waals surface area (Å²) in [7, 11) is 3.55. The van der Waals surface area contributed by atoms with Crippen LogP contribution in [-0.4, -0.2) is 22.7 Å². The summed E-state index contributed by atoms with van der Waals surface area (Å²) in [6, 6.07) is 14.6. The summed E-state index contributed by atoms with van der Waals surface area (Å²) >= 11 is 6.01. The smallest absolute Gasteiger partial charge is 0.315 e. The second kappa shape index (κ2) is 9.39. The zero-order valence-electron chi connectivity index (χ0n) is 15.9. The molecule has 1 unspecified atom stereocenters. The SMILES string of the molecule is COCc1ccccc1CNC(=O)NC(c1ccc(Cl)cc1)c1nccn1C. The van der Waals surface area contributed by atoms with Crippen LogP contribution in [0.5, 0.6) is 0 Å². The van der Waals surface area contributed by atoms with Gasteiger partial charge in [0.05, 0.1) is 6.61 Å². The highest BCUT2D eigenvalue weighted by Crippen LogP contribution is 2.22. The normalized spacial score (nSPS) is 11.8. The van der Waals surface area contributed by atoms with Gasteiger partial charge in [0.15, 0.2) is 0 Å². The van der Waals surface area contributed by atoms with E-state index in [2.05, 4.69) is 15.6 Å². The van der Waals surface area contributed by atoms with E-state index in [0.29, 0.717) is 18.2 Å². The van der Waals surface area contributed by atoms with Crippen LogP contribution in [0.4, 0.5) is 4.79 Å². The lowest BCUT2D eigenvalue weighted by molar-refractivity contribution is 0.184. The molecule has 2 aromatic carbocycles. The van der Waals surface area contributed by atoms with Crippen molar-refractivity contribution in [1.82, 2.24) is 20.2 Å². The van der Waals surface area contributed by atoms with E-state index in [1.54, 1.807) is 25.4 Å². The number of nitrogens with zero attached hydrogens (tertiary/aromatic N) is 2. The lowest BCUT2D eigenvalue weighted by Gasteiger charge is -2.20. The summed E-state index contributed by atoms with van der Waals surface area (Å²) < 4.78 is 7.10. The number of urea groups is 1. The van der Waals surface area contributed by atoms with Crippen LogP contribution in [0.3, 0.4) is 0 Å². The molecular weight excluding hydrogens is 376 g/mol. The van der Waals surface area contributed by atoms with Gasteiger partial charge in [0.2, 0.25) is 0 Å². The lowest BCUT2D eigenvalue weighted by Crippen LogP contribution is -2.39. The van der Waals surface area contributed by atoms with E-state index in [1.807, 2.05) is 54.2 Å². The molecule has 0 saturated carbocycles. The molecule has 146 valence electrons. The Morgan fingerprint density at radius 2 is 1.89 bits per heavy atom. The fourth-order valence-electron chi connectivity index (χ4n) is 2.99. The van der Waals surface area contributed by atoms with E-state index in [4.69, 9.17) is 16.3 Å². The predicted molar refractivity (Wildman–Crippen MR) is 109 cm³/mol. The van der Waals surface area contributed by atoms with Crippen LogP contribution in [0.2, 0.25) is 5.02 Å². The molecule has 0 saturated heterocycles. The first-order chi connectivity index (χ1) is 13.6. The van der Waals surface area contributed by atoms with Gasteiger partial charge in [0.25, 0.3) is 0 Å². The molecule has 0 aliphatic carbocycles. The standard InChI is InChI=1S/C21H23ClN4O2/c1-26-12-11-23-20(26)19(15-7-9-18(22)10-8-15)25-21(27)24-13-16-5-3-4-6-17(16)14-28-2/h3-12,19H,13-14H2,1-2H3,(H2,24,25,27). The Morgan fingerprint density at radius 1 is 1.18 bits per heavy atom. The molecule has 1 atom stereocenters. The summed E-state index contributed by atoms with van der Waals surface area (Å²) in [6.07, 6.45) is 3.55. The summed E-state index contributed by atoms with van der Waals surface area (Å²) in [5, 5.41) is 6.57. The van der Waals surface area contributed by atoms with Gasteiger partial charge in [-0.3, -0.25) is 0 Å². The van der Waals surface area contributed by atoms with Crippen molar-refractivity contribution < 1.29 is 9.53 Å². The molecule has 0 radical (unpaired) electrons. The minimum atomic E-state index is -0.397. The van der Waals surface area contributed by atoms with Crippen molar-refractivity contribution in [2.75, 3.05) is 7.11 Å². The molecule has 7 heteroatoms. The van der Waals surface area contributed by atoms with Crippen LogP contribution in [0.1, 0.15) is 28.6 Å². The van der Waals surface area contributed by atoms with E-state index in [9.17, 15) is 4.79 Å². The largest absolute Gasteiger partial charge is 0.380 e. The van der Waals surface area contributed by atoms with Gasteiger partial charge in [-0.1, -0.05) is 48.0 Å². The number of methoxy groups -OCH3 is 1. The van der Waals surface area contributed by atoms with Crippen molar-refractivity contribution in [2.45, 2.75) is 19.2 Å². The number of hydrogen-bond donors (Lipinski definition) is 2. The van der Waals surface area contributed by atoms with Crippen LogP contribution in [0.15, 0.2) is 60.9 Å². The Kier molecular flexibility index (Phi) is 6.68. The number of rotatable bonds is 7. The highest BCUT2D eigenvalue weighted by atomic mass is 35.5. The Morgan fingerprint density at radius 3 is 2.54 bits per heavy atom. The van der Waals surface area contributed by atoms with E-state index in [1.165, 1.54) is 0 Å². The maximum Gasteiger partial charge on any atom is 0.315 e. The van der Waals surface area contributed by atoms with Crippen molar-refractivity contribution in [3.63, 3.8) is 0 Å². The molecule has 1 heterocycles. The maximum absolute atomic E-state index is 12.6. The number of benzene rings is 2. The first-order valence-corrected chi connectivity index (χ1v) is 9.29. The van der Waals surface area contributed by atoms with E-state index < -0.39 is 6.04 Å². The molecule has 3 aromatic rings. The number of nitrogens with one attached hydrogen (secondary N) is 2. The van der Waals surface area contributed by atoms with Crippen LogP contribution in [0, 0.1) is 0 Å². The van der Waals surface area contributed by atoms with Gasteiger partial charge in [-0.2, -0.15) is 0 Å². The van der Waals surface area contributed by atoms with Crippen LogP contribution >= 0.6 is 11.6 Å². The Labute approximate surface area is 169 Å². The summed E-state index contributed by atoms with van der Waals surface area (Å²) in [5.74, 6) is 0.734. The Hall–Kier alpha value is -2.83. The third-order valence-corrected chi connectivity index (χ3v) is 4.71. The summed E-state index contributed by atoms with van der Waals surface area (Å²) in [6.45, 7) is 0.902. The highest BCUT2D eigenvalue weighted by molar-refractivity contribution is 6.30. The molecule has 1 aromatic heterocycles. The number of aromatic nitrogens is 2. The van der Waals surface area contributed by atoms with Crippen molar-refractivity contribution >= 4 is 17.6 Å². The van der Waals surface area contributed by atoms with E-state index >= 15 is 0 Å². The summed E-state index contributed by atoms with van der Waals surface area (Å²) in [5.41, 5.74) is 2.96. The van der Waals surface area contributed by atoms with E-state index in [-0.39, 0.29) is 6.03 Å². The average Bonchev–Trinajstić information content (AvgIpc) is 3.12. The molecule has 0 spiro atoms. The first kappa shape index (κ1) is 19.9. The van der Waals surface area contributed by atoms with Gasteiger partial charge in [0.1, 0.15) is 11.9 Å². The molecule has 3 rings (SSSR count). The molecular formula is C21H23ClN4O2. The zero-order chi connectivity index (χ0) is 19.9. The number of hydrogen-bond acceptors (Lipinski definition) is 3. The minimum Gasteiger partial charge on any atom is -0.380 e. The fourth-order valence-corrected chi connectivity index (χ4v) is 3.12. The van der Waals surface area contributed by atoms with Gasteiger partial charge in [0, 0.05) is 38.1 Å². The van der Waals surface area contributed by atoms with Gasteiger partial charge in [-0.05, 0) is 28.8 Å². The quantitative estimate of drug-likeness (QED) is 0.636. The number of imidazole rings is 1. The number of halogens is 1. The highest BCUT2D eigenvalue weighted by Gasteiger charge is 2.20. The predicted octanol–water partition coefficient (Wildman–Crippen LogP) is 3.81. The molecule has 2 amide bonds. The third-order valence-electron chi connectivity index (χ3n) is 4.45. The molecule has 2 N–H and O–H groups in total. The van der Waals surface area contributed by atoms with Crippen molar-refractivity contribution in [3.8, 4) is 0 Å². The number of amides is 2. The van der Waals surface area contributed by atoms with Crippen LogP contribution in [-0.2, 0) is 24.9 Å². The number of aryl methyl sites for hydroxylation is 1. The maximum atomic E-state index is 12.6. The summed E-state index contributed by atoms with van der Waals surface area (Å²) in [4.78, 5) is 17.0. The monoisotopic (exact) mass is 398 g/mol. The lowest BCUT2D eigenvalue weighted by atomic mass is 10.1. The van der Waals surface area contributed by atoms with Crippen molar-refractivity contribution in [1.29, 1.82) is 0 Å². The van der Waals surface area contributed by atoms with Gasteiger partial charge < -0.3 is 19.9 Å². The number of ether oxygens (including phenoxy) is 1. The number of carbonyl (C=O) groups is 1. The average molecular weight is 399 g/mol. The topological polar surface area (TPSA) is 68.2 Å². The van der Waals surface area contributed by atoms with Gasteiger partial charge in [-0.15, -0.1) is 0 Å². The van der Waals surface area contributed by atoms with Crippen molar-refractivity contribution in [3.05, 3.63) is 88.5 Å². The first-order valence-electron chi connectivity index (χ1n) is 8.91. The molecule has 0 aliphatic heterocycles. The fraction of sp³-hybridized carbons (Fsp3) is 0.238. The third kappa shape index (κ3) is 4.91. The van der Waals surface area contributed by atoms with Gasteiger partial charge in [-0.25, -0.2) is 9.78 Å².